The number of benzene rings is 4. The van der Waals surface area contributed by atoms with Crippen LogP contribution in [0.3, 0.4) is 0 Å². The lowest BCUT2D eigenvalue weighted by Crippen LogP contribution is -2.38. The molecule has 16 aromatic rings. The van der Waals surface area contributed by atoms with Crippen LogP contribution in [0.15, 0.2) is 90.6 Å². The highest BCUT2D eigenvalue weighted by molar-refractivity contribution is 7.13. The number of para-hydroxylation sites is 4. The van der Waals surface area contributed by atoms with E-state index in [9.17, 15) is 71.9 Å². The van der Waals surface area contributed by atoms with Crippen LogP contribution in [0.4, 0.5) is 76.5 Å². The fourth-order valence-electron chi connectivity index (χ4n) is 17.3. The van der Waals surface area contributed by atoms with Crippen molar-refractivity contribution in [3.05, 3.63) is 141 Å². The van der Waals surface area contributed by atoms with Gasteiger partial charge in [0.15, 0.2) is 45.1 Å². The first kappa shape index (κ1) is 91.7. The molecule has 0 radical (unpaired) electrons. The summed E-state index contributed by atoms with van der Waals surface area (Å²) in [6.45, 7) is 13.6. The van der Waals surface area contributed by atoms with E-state index in [1.807, 2.05) is 50.9 Å². The van der Waals surface area contributed by atoms with Gasteiger partial charge in [0.2, 0.25) is 53.2 Å². The molecule has 0 bridgehead atoms. The summed E-state index contributed by atoms with van der Waals surface area (Å²) in [5, 5.41) is 61.1. The van der Waals surface area contributed by atoms with Crippen molar-refractivity contribution >= 4 is 125 Å². The number of alkyl halides is 12. The fraction of sp³-hybridized carbons (Fsp3) is 0.416. The van der Waals surface area contributed by atoms with Crippen molar-refractivity contribution in [2.45, 2.75) is 211 Å². The highest BCUT2D eigenvalue weighted by atomic mass is 32.1. The van der Waals surface area contributed by atoms with Crippen LogP contribution in [-0.2, 0) is 43.9 Å². The van der Waals surface area contributed by atoms with Gasteiger partial charge in [-0.3, -0.25) is 33.6 Å². The summed E-state index contributed by atoms with van der Waals surface area (Å²) >= 11 is 1.41. The summed E-state index contributed by atoms with van der Waals surface area (Å²) in [6.07, 6.45) is -2.04. The zero-order chi connectivity index (χ0) is 96.0. The second kappa shape index (κ2) is 36.4. The van der Waals surface area contributed by atoms with Crippen LogP contribution in [0.25, 0.3) is 111 Å². The normalized spacial score (nSPS) is 18.3. The van der Waals surface area contributed by atoms with Crippen LogP contribution in [0.5, 0.6) is 0 Å². The third-order valence-corrected chi connectivity index (χ3v) is 25.6. The highest BCUT2D eigenvalue weighted by Crippen LogP contribution is 2.46. The standard InChI is InChI=1S/C24H25F3N8O.C23H25F3N8O.C22H20F3N7OS.C20H19F3N8O/c1-12-18(13(2)34(32-12)14-9-10-14)20-31-21-15-6-5-7-16(24(25,26)27)19(15)30-23(35(21)33-20)29-17-8-3-4-11-28-22(17)36;1-12(2)33-11-15(13(3)31-33)19-30-20-14-7-6-8-16(23(24,25)26)18(14)29-22(34(20)32-19)28-17-9-4-5-10-27-21(17)35;23-22(24,25)13-5-3-4-12-16(13)29-21(28-14-6-1-2-9-26-19(14)33)32-18(12)30-17(31-32)20-27-15(10-34-20)11-7-8-11;1-10-12(9-25-29-10)16-28-17-11-5-4-6-13(20(21,22)23)15(11)27-19(31(17)30-16)26-14-7-2-3-8-24-18(14)32/h5-7,14,17H,3-4,8-11H2,1-2H3,(H,28,36)(H,29,30);6-8,11-12,17H,4-5,9-10H2,1-3H3,(H,27,35)(H,28,29);3-5,10-11,14H,1-2,6-9H2,(H,26,33)(H,28,29);4-6,9,14H,2-3,7-8H2,1H3,(H,24,32)(H,25,29)(H,26,27)/t2*17-;2*14-/m1111/s1. The number of amides is 4. The molecular weight excluding hydrogens is 1830 g/mol. The average Bonchev–Trinajstić information content (AvgIpc) is 1.67. The molecule has 12 aromatic heterocycles. The van der Waals surface area contributed by atoms with Crippen LogP contribution in [-0.4, -0.2) is 187 Å². The number of hydrogen-bond donors (Lipinski definition) is 9. The summed E-state index contributed by atoms with van der Waals surface area (Å²) in [4.78, 5) is 90.4. The predicted molar refractivity (Wildman–Crippen MR) is 481 cm³/mol. The molecule has 0 spiro atoms. The van der Waals surface area contributed by atoms with Crippen molar-refractivity contribution in [2.75, 3.05) is 47.4 Å². The van der Waals surface area contributed by atoms with E-state index in [0.29, 0.717) is 109 Å². The smallest absolute Gasteiger partial charge is 0.354 e. The summed E-state index contributed by atoms with van der Waals surface area (Å²) in [5.41, 5.74) is 2.44. The van der Waals surface area contributed by atoms with Gasteiger partial charge in [-0.25, -0.2) is 44.9 Å². The lowest BCUT2D eigenvalue weighted by Gasteiger charge is -2.17. The minimum atomic E-state index is -4.61. The molecule has 6 fully saturated rings. The Morgan fingerprint density at radius 1 is 0.394 bits per heavy atom. The quantitative estimate of drug-likeness (QED) is 0.0430. The Morgan fingerprint density at radius 3 is 1.09 bits per heavy atom. The van der Waals surface area contributed by atoms with Crippen LogP contribution < -0.4 is 42.5 Å². The van der Waals surface area contributed by atoms with E-state index >= 15 is 0 Å². The maximum Gasteiger partial charge on any atom is 0.418 e. The molecule has 0 unspecified atom stereocenters. The minimum Gasteiger partial charge on any atom is -0.354 e. The van der Waals surface area contributed by atoms with Gasteiger partial charge < -0.3 is 42.5 Å². The van der Waals surface area contributed by atoms with E-state index in [1.54, 1.807) is 29.9 Å². The largest absolute Gasteiger partial charge is 0.418 e. The predicted octanol–water partition coefficient (Wildman–Crippen LogP) is 15.8. The summed E-state index contributed by atoms with van der Waals surface area (Å²) in [6, 6.07) is 13.3. The number of H-pyrrole nitrogens is 1. The number of rotatable bonds is 15. The van der Waals surface area contributed by atoms with E-state index in [1.165, 1.54) is 65.8 Å². The number of aromatic nitrogens is 23. The minimum absolute atomic E-state index is 0.0196. The molecule has 9 N–H and O–H groups in total. The van der Waals surface area contributed by atoms with Crippen molar-refractivity contribution in [1.29, 1.82) is 0 Å². The van der Waals surface area contributed by atoms with E-state index in [2.05, 4.69) is 123 Å². The van der Waals surface area contributed by atoms with Gasteiger partial charge in [-0.2, -0.15) is 86.0 Å². The van der Waals surface area contributed by atoms with Gasteiger partial charge in [0.1, 0.15) is 24.2 Å². The van der Waals surface area contributed by atoms with Gasteiger partial charge in [-0.1, -0.05) is 24.3 Å². The molecule has 4 aromatic carbocycles. The number of nitrogens with one attached hydrogen (secondary N) is 9. The number of thiazole rings is 1. The third-order valence-electron chi connectivity index (χ3n) is 24.7. The summed E-state index contributed by atoms with van der Waals surface area (Å²) < 4.78 is 175. The van der Waals surface area contributed by atoms with Crippen molar-refractivity contribution < 1.29 is 71.9 Å². The number of anilines is 4. The molecular formula is C89H89F12N31O4S. The Labute approximate surface area is 772 Å². The molecule has 22 rings (SSSR count). The number of hydrogen-bond acceptors (Lipinski definition) is 25. The second-order valence-corrected chi connectivity index (χ2v) is 35.7. The first-order valence-corrected chi connectivity index (χ1v) is 45.8. The molecule has 4 atom stereocenters. The van der Waals surface area contributed by atoms with Crippen molar-refractivity contribution in [1.82, 2.24) is 134 Å². The maximum absolute atomic E-state index is 13.9. The van der Waals surface area contributed by atoms with E-state index in [4.69, 9.17) is 4.98 Å². The Bertz CT molecular complexity index is 7380. The molecule has 2 aliphatic carbocycles. The Kier molecular flexibility index (Phi) is 24.3. The molecule has 714 valence electrons. The van der Waals surface area contributed by atoms with Crippen LogP contribution in [0.1, 0.15) is 185 Å². The second-order valence-electron chi connectivity index (χ2n) is 34.8. The van der Waals surface area contributed by atoms with Crippen molar-refractivity contribution in [3.8, 4) is 45.0 Å². The van der Waals surface area contributed by atoms with Crippen LogP contribution in [0.2, 0.25) is 0 Å². The average molecular weight is 1920 g/mol. The molecule has 48 heteroatoms. The zero-order valence-electron chi connectivity index (χ0n) is 74.3. The Balaban J connectivity index is 0.000000117. The molecule has 6 aliphatic rings. The Hall–Kier alpha value is -14.4. The van der Waals surface area contributed by atoms with Gasteiger partial charge in [0.05, 0.1) is 89.8 Å². The molecule has 4 saturated heterocycles. The first-order chi connectivity index (χ1) is 65.6. The molecule has 4 amide bonds. The van der Waals surface area contributed by atoms with E-state index in [0.717, 1.165) is 124 Å². The summed E-state index contributed by atoms with van der Waals surface area (Å²) in [7, 11) is 0. The first-order valence-electron chi connectivity index (χ1n) is 44.9. The monoisotopic (exact) mass is 1920 g/mol. The van der Waals surface area contributed by atoms with E-state index < -0.39 is 71.1 Å². The maximum atomic E-state index is 13.9. The number of fused-ring (bicyclic) bond motifs is 12. The number of halogens is 12. The van der Waals surface area contributed by atoms with Crippen LogP contribution in [0, 0.1) is 27.7 Å². The number of aryl methyl sites for hydroxylation is 3. The highest BCUT2D eigenvalue weighted by Gasteiger charge is 2.42. The topological polar surface area (TPSA) is 414 Å². The molecule has 2 saturated carbocycles. The molecule has 4 aliphatic heterocycles. The van der Waals surface area contributed by atoms with E-state index in [-0.39, 0.29) is 125 Å². The molecule has 35 nitrogen and oxygen atoms in total. The number of carbonyl (C=O) groups excluding carboxylic acids is 4. The SMILES string of the molecule is Cc1n[nH]cc1-c1nc2c3cccc(C(F)(F)F)c3nc(N[C@@H]3CCCCNC3=O)n2n1.Cc1nn(C(C)C)cc1-c1nc2c3cccc(C(F)(F)F)c3nc(N[C@@H]3CCCCNC3=O)n2n1.Cc1nn(C2CC2)c(C)c1-c1nc2c3cccc(C(F)(F)F)c3nc(N[C@@H]3CCCCNC3=O)n2n1.O=C1NCCCC[C@H]1Nc1nc2c(C(F)(F)F)cccc2c2nc(-c3nc(C4CC4)cs3)nn12. The Morgan fingerprint density at radius 2 is 0.752 bits per heavy atom. The molecule has 137 heavy (non-hydrogen) atoms. The third kappa shape index (κ3) is 18.5. The zero-order valence-corrected chi connectivity index (χ0v) is 75.1. The lowest BCUT2D eigenvalue weighted by atomic mass is 10.1. The van der Waals surface area contributed by atoms with Gasteiger partial charge in [0.25, 0.3) is 0 Å². The molecule has 16 heterocycles. The van der Waals surface area contributed by atoms with Gasteiger partial charge in [-0.05, 0) is 193 Å². The number of nitrogens with zero attached hydrogens (tertiary/aromatic N) is 22. The van der Waals surface area contributed by atoms with Crippen molar-refractivity contribution in [2.24, 2.45) is 0 Å². The lowest BCUT2D eigenvalue weighted by molar-refractivity contribution is -0.137. The van der Waals surface area contributed by atoms with Gasteiger partial charge >= 0.3 is 24.7 Å². The number of carbonyl (C=O) groups is 4. The summed E-state index contributed by atoms with van der Waals surface area (Å²) in [5.74, 6) is 0.979. The fourth-order valence-corrected chi connectivity index (χ4v) is 18.2. The van der Waals surface area contributed by atoms with Gasteiger partial charge in [0, 0.05) is 83.2 Å². The van der Waals surface area contributed by atoms with Crippen molar-refractivity contribution in [3.63, 3.8) is 0 Å². The number of aromatic amines is 1. The van der Waals surface area contributed by atoms with Crippen LogP contribution >= 0.6 is 11.3 Å². The van der Waals surface area contributed by atoms with Gasteiger partial charge in [-0.15, -0.1) is 31.7 Å².